The molecule has 2 aromatic carbocycles. The summed E-state index contributed by atoms with van der Waals surface area (Å²) >= 11 is 0. The lowest BCUT2D eigenvalue weighted by Gasteiger charge is -2.23. The first-order valence-corrected chi connectivity index (χ1v) is 9.12. The fourth-order valence-corrected chi connectivity index (χ4v) is 3.72. The maximum absolute atomic E-state index is 12.9. The smallest absolute Gasteiger partial charge is 0.296 e. The molecule has 25 heavy (non-hydrogen) atoms. The molecule has 0 amide bonds. The van der Waals surface area contributed by atoms with Crippen molar-refractivity contribution >= 4 is 33.1 Å². The molecule has 4 N–H and O–H groups in total. The number of fused-ring (bicyclic) bond motifs is 2. The molecule has 0 spiro atoms. The van der Waals surface area contributed by atoms with Crippen LogP contribution >= 0.6 is 0 Å². The van der Waals surface area contributed by atoms with E-state index in [0.29, 0.717) is 0 Å². The van der Waals surface area contributed by atoms with E-state index in [0.717, 1.165) is 18.9 Å². The Balaban J connectivity index is 2.06. The number of ketones is 2. The molecule has 0 aromatic heterocycles. The molecule has 0 unspecified atom stereocenters. The van der Waals surface area contributed by atoms with E-state index in [9.17, 15) is 22.6 Å². The van der Waals surface area contributed by atoms with Gasteiger partial charge in [-0.3, -0.25) is 14.1 Å². The summed E-state index contributed by atoms with van der Waals surface area (Å²) < 4.78 is 32.8. The zero-order valence-corrected chi connectivity index (χ0v) is 13.8. The second-order valence-electron chi connectivity index (χ2n) is 6.18. The highest BCUT2D eigenvalue weighted by Gasteiger charge is 2.37. The standard InChI is InChI=1S/C17H14N2O5S/c18-15-12(25(22,23)24)7-11(19-8-5-6-8)13-14(15)17(21)10-4-2-1-3-9(10)16(13)20/h1-4,7-8,19H,5-6,18H2,(H,22,23,24). The lowest BCUT2D eigenvalue weighted by Crippen LogP contribution is -2.25. The lowest BCUT2D eigenvalue weighted by molar-refractivity contribution is 0.0980. The Morgan fingerprint density at radius 2 is 1.60 bits per heavy atom. The Hall–Kier alpha value is -2.71. The van der Waals surface area contributed by atoms with E-state index in [1.165, 1.54) is 6.07 Å². The lowest BCUT2D eigenvalue weighted by atomic mass is 9.82. The monoisotopic (exact) mass is 358 g/mol. The van der Waals surface area contributed by atoms with Gasteiger partial charge in [-0.2, -0.15) is 8.42 Å². The van der Waals surface area contributed by atoms with E-state index in [4.69, 9.17) is 5.73 Å². The van der Waals surface area contributed by atoms with E-state index in [-0.39, 0.29) is 34.0 Å². The molecule has 0 heterocycles. The van der Waals surface area contributed by atoms with Crippen LogP contribution < -0.4 is 11.1 Å². The second kappa shape index (κ2) is 5.14. The minimum Gasteiger partial charge on any atom is -0.397 e. The van der Waals surface area contributed by atoms with Gasteiger partial charge in [0.2, 0.25) is 0 Å². The van der Waals surface area contributed by atoms with Crippen molar-refractivity contribution in [3.8, 4) is 0 Å². The van der Waals surface area contributed by atoms with Crippen molar-refractivity contribution in [2.75, 3.05) is 11.1 Å². The van der Waals surface area contributed by atoms with Crippen LogP contribution in [0.5, 0.6) is 0 Å². The molecule has 7 nitrogen and oxygen atoms in total. The largest absolute Gasteiger partial charge is 0.397 e. The first-order valence-electron chi connectivity index (χ1n) is 7.68. The van der Waals surface area contributed by atoms with Crippen molar-refractivity contribution in [2.24, 2.45) is 0 Å². The van der Waals surface area contributed by atoms with Gasteiger partial charge < -0.3 is 11.1 Å². The zero-order chi connectivity index (χ0) is 17.9. The molecular formula is C17H14N2O5S. The molecule has 2 aromatic rings. The number of carbonyl (C=O) groups excluding carboxylic acids is 2. The van der Waals surface area contributed by atoms with Gasteiger partial charge in [-0.15, -0.1) is 0 Å². The highest BCUT2D eigenvalue weighted by atomic mass is 32.2. The molecule has 2 aliphatic carbocycles. The van der Waals surface area contributed by atoms with Gasteiger partial charge in [0.25, 0.3) is 10.1 Å². The summed E-state index contributed by atoms with van der Waals surface area (Å²) in [5.74, 6) is -0.936. The summed E-state index contributed by atoms with van der Waals surface area (Å²) in [6.45, 7) is 0. The predicted molar refractivity (Wildman–Crippen MR) is 90.6 cm³/mol. The maximum Gasteiger partial charge on any atom is 0.296 e. The molecule has 128 valence electrons. The molecule has 4 rings (SSSR count). The van der Waals surface area contributed by atoms with Crippen molar-refractivity contribution in [1.29, 1.82) is 0 Å². The molecule has 0 atom stereocenters. The van der Waals surface area contributed by atoms with Crippen molar-refractivity contribution in [2.45, 2.75) is 23.8 Å². The molecule has 2 aliphatic rings. The van der Waals surface area contributed by atoms with Crippen LogP contribution in [0.1, 0.15) is 44.7 Å². The third-order valence-corrected chi connectivity index (χ3v) is 5.31. The van der Waals surface area contributed by atoms with Gasteiger partial charge in [0.05, 0.1) is 16.8 Å². The van der Waals surface area contributed by atoms with E-state index in [1.807, 2.05) is 0 Å². The van der Waals surface area contributed by atoms with Gasteiger partial charge in [0.1, 0.15) is 4.90 Å². The highest BCUT2D eigenvalue weighted by Crippen LogP contribution is 2.40. The minimum absolute atomic E-state index is 0.0560. The molecule has 0 saturated heterocycles. The summed E-state index contributed by atoms with van der Waals surface area (Å²) in [4.78, 5) is 25.2. The van der Waals surface area contributed by atoms with Gasteiger partial charge in [-0.05, 0) is 18.9 Å². The van der Waals surface area contributed by atoms with Crippen LogP contribution in [0.3, 0.4) is 0 Å². The third kappa shape index (κ3) is 2.41. The summed E-state index contributed by atoms with van der Waals surface area (Å²) in [6.07, 6.45) is 1.75. The van der Waals surface area contributed by atoms with Crippen LogP contribution in [0.15, 0.2) is 35.2 Å². The quantitative estimate of drug-likeness (QED) is 0.482. The van der Waals surface area contributed by atoms with Crippen molar-refractivity contribution in [3.05, 3.63) is 52.6 Å². The topological polar surface area (TPSA) is 127 Å². The van der Waals surface area contributed by atoms with Gasteiger partial charge in [-0.1, -0.05) is 24.3 Å². The van der Waals surface area contributed by atoms with Crippen LogP contribution in [0.2, 0.25) is 0 Å². The van der Waals surface area contributed by atoms with Crippen molar-refractivity contribution in [1.82, 2.24) is 0 Å². The van der Waals surface area contributed by atoms with Crippen LogP contribution in [0.4, 0.5) is 11.4 Å². The fourth-order valence-electron chi connectivity index (χ4n) is 3.07. The molecular weight excluding hydrogens is 344 g/mol. The molecule has 1 saturated carbocycles. The second-order valence-corrected chi connectivity index (χ2v) is 7.57. The predicted octanol–water partition coefficient (Wildman–Crippen LogP) is 1.87. The van der Waals surface area contributed by atoms with Gasteiger partial charge in [0, 0.05) is 22.9 Å². The molecule has 8 heteroatoms. The Labute approximate surface area is 143 Å². The van der Waals surface area contributed by atoms with Gasteiger partial charge in [0.15, 0.2) is 11.6 Å². The van der Waals surface area contributed by atoms with Crippen LogP contribution in [0.25, 0.3) is 0 Å². The van der Waals surface area contributed by atoms with Crippen LogP contribution in [-0.4, -0.2) is 30.6 Å². The van der Waals surface area contributed by atoms with Crippen molar-refractivity contribution < 1.29 is 22.6 Å². The minimum atomic E-state index is -4.65. The Morgan fingerprint density at radius 1 is 1.04 bits per heavy atom. The van der Waals surface area contributed by atoms with E-state index in [1.54, 1.807) is 18.2 Å². The van der Waals surface area contributed by atoms with Crippen LogP contribution in [0, 0.1) is 0 Å². The first kappa shape index (κ1) is 15.8. The Kier molecular flexibility index (Phi) is 3.25. The van der Waals surface area contributed by atoms with Crippen LogP contribution in [-0.2, 0) is 10.1 Å². The zero-order valence-electron chi connectivity index (χ0n) is 12.9. The summed E-state index contributed by atoms with van der Waals surface area (Å²) in [5.41, 5.74) is 5.95. The number of hydrogen-bond acceptors (Lipinski definition) is 6. The average molecular weight is 358 g/mol. The summed E-state index contributed by atoms with van der Waals surface area (Å²) in [5, 5.41) is 3.06. The number of anilines is 2. The molecule has 0 aliphatic heterocycles. The number of nitrogens with one attached hydrogen (secondary N) is 1. The van der Waals surface area contributed by atoms with Crippen molar-refractivity contribution in [3.63, 3.8) is 0 Å². The maximum atomic E-state index is 12.9. The summed E-state index contributed by atoms with van der Waals surface area (Å²) in [7, 11) is -4.65. The number of nitrogen functional groups attached to an aromatic ring is 1. The number of hydrogen-bond donors (Lipinski definition) is 3. The third-order valence-electron chi connectivity index (χ3n) is 4.41. The number of rotatable bonds is 3. The Morgan fingerprint density at radius 3 is 2.12 bits per heavy atom. The normalized spacial score (nSPS) is 16.4. The van der Waals surface area contributed by atoms with E-state index in [2.05, 4.69) is 5.32 Å². The first-order chi connectivity index (χ1) is 11.8. The van der Waals surface area contributed by atoms with E-state index >= 15 is 0 Å². The highest BCUT2D eigenvalue weighted by molar-refractivity contribution is 7.86. The van der Waals surface area contributed by atoms with Gasteiger partial charge >= 0.3 is 0 Å². The molecule has 1 fully saturated rings. The SMILES string of the molecule is Nc1c(S(=O)(=O)O)cc(NC2CC2)c2c1C(=O)c1ccccc1C2=O. The van der Waals surface area contributed by atoms with E-state index < -0.39 is 32.3 Å². The molecule has 0 radical (unpaired) electrons. The fraction of sp³-hybridized carbons (Fsp3) is 0.176. The number of carbonyl (C=O) groups is 2. The summed E-state index contributed by atoms with van der Waals surface area (Å²) in [6, 6.07) is 7.53. The number of benzene rings is 2. The number of nitrogens with two attached hydrogens (primary N) is 1. The van der Waals surface area contributed by atoms with Gasteiger partial charge in [-0.25, -0.2) is 0 Å². The average Bonchev–Trinajstić information content (AvgIpc) is 3.37. The molecule has 0 bridgehead atoms. The Bertz CT molecular complexity index is 1050.